The average Bonchev–Trinajstić information content (AvgIpc) is 3.21. The molecular formula is C18H25Cl2N5O. The number of nitrogens with zero attached hydrogens (tertiary/aromatic N) is 4. The van der Waals surface area contributed by atoms with Crippen LogP contribution < -0.4 is 10.2 Å². The van der Waals surface area contributed by atoms with Gasteiger partial charge < -0.3 is 19.7 Å². The molecule has 0 saturated carbocycles. The maximum Gasteiger partial charge on any atom is 0.242 e. The molecule has 0 bridgehead atoms. The molecule has 1 unspecified atom stereocenters. The van der Waals surface area contributed by atoms with Gasteiger partial charge in [0.2, 0.25) is 5.91 Å². The fourth-order valence-corrected chi connectivity index (χ4v) is 3.76. The van der Waals surface area contributed by atoms with E-state index in [1.54, 1.807) is 6.20 Å². The molecule has 1 N–H and O–H groups in total. The second-order valence-electron chi connectivity index (χ2n) is 6.50. The third-order valence-corrected chi connectivity index (χ3v) is 5.03. The minimum Gasteiger partial charge on any atom is -0.362 e. The van der Waals surface area contributed by atoms with Crippen molar-refractivity contribution in [1.82, 2.24) is 19.8 Å². The highest BCUT2D eigenvalue weighted by Gasteiger charge is 2.32. The van der Waals surface area contributed by atoms with E-state index in [2.05, 4.69) is 33.4 Å². The van der Waals surface area contributed by atoms with Gasteiger partial charge in [-0.2, -0.15) is 0 Å². The number of piperazine rings is 1. The monoisotopic (exact) mass is 397 g/mol. The molecule has 4 rings (SSSR count). The summed E-state index contributed by atoms with van der Waals surface area (Å²) in [4.78, 5) is 21.6. The van der Waals surface area contributed by atoms with Gasteiger partial charge in [0, 0.05) is 51.3 Å². The van der Waals surface area contributed by atoms with Gasteiger partial charge in [0.1, 0.15) is 11.9 Å². The number of hydrogen-bond donors (Lipinski definition) is 1. The molecule has 1 fully saturated rings. The maximum absolute atomic E-state index is 13.0. The first-order chi connectivity index (χ1) is 11.7. The van der Waals surface area contributed by atoms with Gasteiger partial charge in [0.15, 0.2) is 0 Å². The highest BCUT2D eigenvalue weighted by atomic mass is 35.5. The summed E-state index contributed by atoms with van der Waals surface area (Å²) in [6.45, 7) is 3.68. The second-order valence-corrected chi connectivity index (χ2v) is 6.50. The summed E-state index contributed by atoms with van der Waals surface area (Å²) in [5.74, 6) is 1.12. The Morgan fingerprint density at radius 1 is 1.27 bits per heavy atom. The van der Waals surface area contributed by atoms with Gasteiger partial charge in [-0.1, -0.05) is 18.2 Å². The Morgan fingerprint density at radius 2 is 2.08 bits per heavy atom. The number of aryl methyl sites for hydroxylation is 1. The molecule has 8 heteroatoms. The van der Waals surface area contributed by atoms with Crippen LogP contribution in [-0.4, -0.2) is 53.1 Å². The van der Waals surface area contributed by atoms with Crippen LogP contribution in [0.1, 0.15) is 17.4 Å². The van der Waals surface area contributed by atoms with E-state index in [1.807, 2.05) is 28.8 Å². The number of rotatable bonds is 3. The molecule has 0 spiro atoms. The topological polar surface area (TPSA) is 53.4 Å². The van der Waals surface area contributed by atoms with Gasteiger partial charge in [-0.15, -0.1) is 24.8 Å². The number of carbonyl (C=O) groups is 1. The minimum absolute atomic E-state index is 0. The lowest BCUT2D eigenvalue weighted by molar-refractivity contribution is -0.133. The second kappa shape index (κ2) is 8.75. The SMILES string of the molecule is Cl.Cl.Cn1ccnc1C1CNCCN1C(=O)CN1CCc2ccccc21. The smallest absolute Gasteiger partial charge is 0.242 e. The number of halogens is 2. The number of amides is 1. The molecule has 142 valence electrons. The Morgan fingerprint density at radius 3 is 2.85 bits per heavy atom. The normalized spacial score (nSPS) is 18.7. The van der Waals surface area contributed by atoms with Gasteiger partial charge >= 0.3 is 0 Å². The Bertz CT molecular complexity index is 751. The van der Waals surface area contributed by atoms with Crippen molar-refractivity contribution in [2.45, 2.75) is 12.5 Å². The fraction of sp³-hybridized carbons (Fsp3) is 0.444. The molecule has 6 nitrogen and oxygen atoms in total. The predicted molar refractivity (Wildman–Crippen MR) is 107 cm³/mol. The Balaban J connectivity index is 0.00000121. The quantitative estimate of drug-likeness (QED) is 0.857. The van der Waals surface area contributed by atoms with Crippen molar-refractivity contribution in [2.75, 3.05) is 37.6 Å². The van der Waals surface area contributed by atoms with Gasteiger partial charge in [-0.25, -0.2) is 4.98 Å². The van der Waals surface area contributed by atoms with Crippen LogP contribution in [0.3, 0.4) is 0 Å². The van der Waals surface area contributed by atoms with Gasteiger partial charge in [-0.3, -0.25) is 4.79 Å². The highest BCUT2D eigenvalue weighted by molar-refractivity contribution is 5.85. The number of aromatic nitrogens is 2. The van der Waals surface area contributed by atoms with Crippen molar-refractivity contribution in [3.63, 3.8) is 0 Å². The van der Waals surface area contributed by atoms with E-state index in [4.69, 9.17) is 0 Å². The van der Waals surface area contributed by atoms with Crippen LogP contribution in [0.2, 0.25) is 0 Å². The maximum atomic E-state index is 13.0. The van der Waals surface area contributed by atoms with Crippen LogP contribution in [0.15, 0.2) is 36.7 Å². The third-order valence-electron chi connectivity index (χ3n) is 5.03. The van der Waals surface area contributed by atoms with Crippen LogP contribution in [0.25, 0.3) is 0 Å². The van der Waals surface area contributed by atoms with Gasteiger partial charge in [-0.05, 0) is 18.1 Å². The molecule has 2 aliphatic heterocycles. The number of carbonyl (C=O) groups excluding carboxylic acids is 1. The Hall–Kier alpha value is -1.76. The van der Waals surface area contributed by atoms with Gasteiger partial charge in [0.25, 0.3) is 0 Å². The first kappa shape index (κ1) is 20.6. The molecule has 2 aromatic rings. The average molecular weight is 398 g/mol. The fourth-order valence-electron chi connectivity index (χ4n) is 3.76. The number of nitrogens with one attached hydrogen (secondary N) is 1. The summed E-state index contributed by atoms with van der Waals surface area (Å²) < 4.78 is 2.00. The zero-order valence-electron chi connectivity index (χ0n) is 14.8. The number of benzene rings is 1. The number of anilines is 1. The van der Waals surface area contributed by atoms with Crippen LogP contribution in [0.5, 0.6) is 0 Å². The molecule has 0 radical (unpaired) electrons. The molecule has 3 heterocycles. The lowest BCUT2D eigenvalue weighted by Crippen LogP contribution is -2.52. The summed E-state index contributed by atoms with van der Waals surface area (Å²) in [5, 5.41) is 3.38. The van der Waals surface area contributed by atoms with E-state index in [-0.39, 0.29) is 36.8 Å². The molecule has 1 atom stereocenters. The molecule has 1 aromatic carbocycles. The van der Waals surface area contributed by atoms with E-state index in [9.17, 15) is 4.79 Å². The standard InChI is InChI=1S/C18H23N5O.2ClH/c1-21-10-8-20-18(21)16-12-19-7-11-23(16)17(24)13-22-9-6-14-4-2-3-5-15(14)22;;/h2-5,8,10,16,19H,6-7,9,11-13H2,1H3;2*1H. The van der Waals surface area contributed by atoms with Crippen molar-refractivity contribution in [2.24, 2.45) is 7.05 Å². The molecule has 1 amide bonds. The third kappa shape index (κ3) is 3.82. The largest absolute Gasteiger partial charge is 0.362 e. The predicted octanol–water partition coefficient (Wildman–Crippen LogP) is 1.80. The minimum atomic E-state index is 0. The van der Waals surface area contributed by atoms with E-state index >= 15 is 0 Å². The van der Waals surface area contributed by atoms with E-state index < -0.39 is 0 Å². The van der Waals surface area contributed by atoms with Crippen molar-refractivity contribution in [3.8, 4) is 0 Å². The zero-order valence-corrected chi connectivity index (χ0v) is 16.4. The lowest BCUT2D eigenvalue weighted by atomic mass is 10.1. The molecular weight excluding hydrogens is 373 g/mol. The van der Waals surface area contributed by atoms with Crippen LogP contribution in [-0.2, 0) is 18.3 Å². The first-order valence-electron chi connectivity index (χ1n) is 8.54. The van der Waals surface area contributed by atoms with Crippen LogP contribution >= 0.6 is 24.8 Å². The number of hydrogen-bond acceptors (Lipinski definition) is 4. The molecule has 26 heavy (non-hydrogen) atoms. The number of imidazole rings is 1. The van der Waals surface area contributed by atoms with Crippen molar-refractivity contribution < 1.29 is 4.79 Å². The van der Waals surface area contributed by atoms with E-state index in [0.29, 0.717) is 6.54 Å². The van der Waals surface area contributed by atoms with Crippen molar-refractivity contribution in [1.29, 1.82) is 0 Å². The zero-order chi connectivity index (χ0) is 16.5. The molecule has 1 aromatic heterocycles. The number of fused-ring (bicyclic) bond motifs is 1. The summed E-state index contributed by atoms with van der Waals surface area (Å²) in [5.41, 5.74) is 2.54. The Kier molecular flexibility index (Phi) is 6.92. The molecule has 1 saturated heterocycles. The van der Waals surface area contributed by atoms with Crippen LogP contribution in [0, 0.1) is 0 Å². The molecule has 0 aliphatic carbocycles. The summed E-state index contributed by atoms with van der Waals surface area (Å²) in [7, 11) is 1.98. The number of para-hydroxylation sites is 1. The Labute approximate surface area is 166 Å². The molecule has 2 aliphatic rings. The summed E-state index contributed by atoms with van der Waals surface area (Å²) in [6.07, 6.45) is 4.75. The highest BCUT2D eigenvalue weighted by Crippen LogP contribution is 2.28. The first-order valence-corrected chi connectivity index (χ1v) is 8.54. The lowest BCUT2D eigenvalue weighted by Gasteiger charge is -2.37. The van der Waals surface area contributed by atoms with E-state index in [1.165, 1.54) is 11.3 Å². The van der Waals surface area contributed by atoms with Crippen LogP contribution in [0.4, 0.5) is 5.69 Å². The van der Waals surface area contributed by atoms with Crippen molar-refractivity contribution >= 4 is 36.4 Å². The van der Waals surface area contributed by atoms with Crippen molar-refractivity contribution in [3.05, 3.63) is 48.0 Å². The van der Waals surface area contributed by atoms with E-state index in [0.717, 1.165) is 38.4 Å². The summed E-state index contributed by atoms with van der Waals surface area (Å²) >= 11 is 0. The summed E-state index contributed by atoms with van der Waals surface area (Å²) in [6, 6.07) is 8.38. The van der Waals surface area contributed by atoms with Gasteiger partial charge in [0.05, 0.1) is 6.54 Å².